The molecular weight excluding hydrogens is 330 g/mol. The van der Waals surface area contributed by atoms with Crippen molar-refractivity contribution in [3.05, 3.63) is 29.8 Å². The molecule has 0 aromatic heterocycles. The molecule has 0 amide bonds. The number of sulfone groups is 1. The first kappa shape index (κ1) is 19.8. The zero-order chi connectivity index (χ0) is 17.5. The summed E-state index contributed by atoms with van der Waals surface area (Å²) in [5.41, 5.74) is 0.971. The highest BCUT2D eigenvalue weighted by Crippen LogP contribution is 2.19. The highest BCUT2D eigenvalue weighted by atomic mass is 32.2. The second-order valence-corrected chi connectivity index (χ2v) is 9.46. The van der Waals surface area contributed by atoms with E-state index >= 15 is 0 Å². The minimum atomic E-state index is -3.15. The van der Waals surface area contributed by atoms with Gasteiger partial charge in [-0.3, -0.25) is 0 Å². The normalized spacial score (nSPS) is 13.0. The smallest absolute Gasteiger partial charge is 0.191 e. The van der Waals surface area contributed by atoms with E-state index in [2.05, 4.69) is 35.7 Å². The van der Waals surface area contributed by atoms with Gasteiger partial charge in [0, 0.05) is 24.1 Å². The van der Waals surface area contributed by atoms with Gasteiger partial charge in [-0.1, -0.05) is 12.1 Å². The highest BCUT2D eigenvalue weighted by molar-refractivity contribution is 7.99. The maximum Gasteiger partial charge on any atom is 0.191 e. The summed E-state index contributed by atoms with van der Waals surface area (Å²) in [6, 6.07) is 6.85. The van der Waals surface area contributed by atoms with Crippen molar-refractivity contribution in [3.8, 4) is 0 Å². The van der Waals surface area contributed by atoms with Crippen molar-refractivity contribution in [1.82, 2.24) is 10.6 Å². The van der Waals surface area contributed by atoms with E-state index in [4.69, 9.17) is 0 Å². The van der Waals surface area contributed by atoms with Crippen molar-refractivity contribution >= 4 is 27.6 Å². The van der Waals surface area contributed by atoms with E-state index in [1.807, 2.05) is 6.92 Å². The number of hydrogen-bond acceptors (Lipinski definition) is 4. The SMILES string of the molecule is CCNC(=NCc1ccc(S(C)(=O)=O)cc1)NCC(C)(C)SC. The minimum Gasteiger partial charge on any atom is -0.357 e. The summed E-state index contributed by atoms with van der Waals surface area (Å²) < 4.78 is 23.0. The Labute approximate surface area is 144 Å². The Morgan fingerprint density at radius 1 is 1.22 bits per heavy atom. The maximum absolute atomic E-state index is 11.5. The molecule has 0 saturated carbocycles. The van der Waals surface area contributed by atoms with Gasteiger partial charge in [0.05, 0.1) is 11.4 Å². The lowest BCUT2D eigenvalue weighted by Crippen LogP contribution is -2.43. The van der Waals surface area contributed by atoms with E-state index < -0.39 is 9.84 Å². The van der Waals surface area contributed by atoms with E-state index in [0.29, 0.717) is 11.4 Å². The lowest BCUT2D eigenvalue weighted by atomic mass is 10.2. The van der Waals surface area contributed by atoms with Crippen LogP contribution < -0.4 is 10.6 Å². The predicted molar refractivity (Wildman–Crippen MR) is 100.0 cm³/mol. The molecule has 0 heterocycles. The van der Waals surface area contributed by atoms with Crippen LogP contribution in [0.4, 0.5) is 0 Å². The summed E-state index contributed by atoms with van der Waals surface area (Å²) in [6.07, 6.45) is 3.30. The van der Waals surface area contributed by atoms with Crippen LogP contribution in [-0.2, 0) is 16.4 Å². The second-order valence-electron chi connectivity index (χ2n) is 5.93. The fraction of sp³-hybridized carbons (Fsp3) is 0.562. The molecule has 130 valence electrons. The molecule has 2 N–H and O–H groups in total. The number of aliphatic imine (C=N–C) groups is 1. The van der Waals surface area contributed by atoms with Gasteiger partial charge >= 0.3 is 0 Å². The number of hydrogen-bond donors (Lipinski definition) is 2. The Balaban J connectivity index is 2.73. The Morgan fingerprint density at radius 2 is 1.83 bits per heavy atom. The first-order valence-corrected chi connectivity index (χ1v) is 10.7. The summed E-state index contributed by atoms with van der Waals surface area (Å²) in [4.78, 5) is 4.88. The Kier molecular flexibility index (Phi) is 7.41. The van der Waals surface area contributed by atoms with E-state index in [1.165, 1.54) is 6.26 Å². The van der Waals surface area contributed by atoms with Crippen LogP contribution in [0.2, 0.25) is 0 Å². The molecule has 0 atom stereocenters. The quantitative estimate of drug-likeness (QED) is 0.579. The van der Waals surface area contributed by atoms with Gasteiger partial charge in [0.15, 0.2) is 15.8 Å². The van der Waals surface area contributed by atoms with E-state index in [-0.39, 0.29) is 4.75 Å². The van der Waals surface area contributed by atoms with Crippen LogP contribution in [0, 0.1) is 0 Å². The Bertz CT molecular complexity index is 623. The first-order chi connectivity index (χ1) is 10.7. The van der Waals surface area contributed by atoms with Crippen LogP contribution in [0.15, 0.2) is 34.2 Å². The van der Waals surface area contributed by atoms with Gasteiger partial charge < -0.3 is 10.6 Å². The maximum atomic E-state index is 11.5. The lowest BCUT2D eigenvalue weighted by molar-refractivity contribution is 0.602. The van der Waals surface area contributed by atoms with Crippen molar-refractivity contribution in [2.24, 2.45) is 4.99 Å². The molecule has 0 aliphatic carbocycles. The second kappa shape index (κ2) is 8.59. The molecule has 0 radical (unpaired) electrons. The molecule has 1 aromatic carbocycles. The van der Waals surface area contributed by atoms with E-state index in [9.17, 15) is 8.42 Å². The number of guanidine groups is 1. The molecule has 0 bridgehead atoms. The molecule has 0 fully saturated rings. The molecule has 0 saturated heterocycles. The number of thioether (sulfide) groups is 1. The average Bonchev–Trinajstić information content (AvgIpc) is 2.49. The predicted octanol–water partition coefficient (Wildman–Crippen LogP) is 2.29. The zero-order valence-electron chi connectivity index (χ0n) is 14.5. The van der Waals surface area contributed by atoms with Crippen LogP contribution in [0.1, 0.15) is 26.3 Å². The van der Waals surface area contributed by atoms with Crippen LogP contribution in [0.5, 0.6) is 0 Å². The van der Waals surface area contributed by atoms with E-state index in [1.54, 1.807) is 36.0 Å². The van der Waals surface area contributed by atoms with Crippen molar-refractivity contribution < 1.29 is 8.42 Å². The molecule has 1 aromatic rings. The summed E-state index contributed by atoms with van der Waals surface area (Å²) >= 11 is 1.80. The fourth-order valence-corrected chi connectivity index (χ4v) is 2.57. The van der Waals surface area contributed by atoms with Crippen molar-refractivity contribution in [2.75, 3.05) is 25.6 Å². The summed E-state index contributed by atoms with van der Waals surface area (Å²) in [6.45, 7) is 8.48. The van der Waals surface area contributed by atoms with Crippen LogP contribution >= 0.6 is 11.8 Å². The zero-order valence-corrected chi connectivity index (χ0v) is 16.1. The summed E-state index contributed by atoms with van der Waals surface area (Å²) in [5, 5.41) is 6.56. The first-order valence-electron chi connectivity index (χ1n) is 7.54. The standard InChI is InChI=1S/C16H27N3O2S2/c1-6-17-15(19-12-16(2,3)22-4)18-11-13-7-9-14(10-8-13)23(5,20)21/h7-10H,6,11-12H2,1-5H3,(H2,17,18,19). The van der Waals surface area contributed by atoms with Crippen molar-refractivity contribution in [3.63, 3.8) is 0 Å². The number of nitrogens with zero attached hydrogens (tertiary/aromatic N) is 1. The Morgan fingerprint density at radius 3 is 2.30 bits per heavy atom. The monoisotopic (exact) mass is 357 g/mol. The average molecular weight is 358 g/mol. The van der Waals surface area contributed by atoms with Gasteiger partial charge in [0.1, 0.15) is 0 Å². The molecular formula is C16H27N3O2S2. The molecule has 7 heteroatoms. The van der Waals surface area contributed by atoms with E-state index in [0.717, 1.165) is 24.6 Å². The van der Waals surface area contributed by atoms with Gasteiger partial charge in [-0.2, -0.15) is 11.8 Å². The summed E-state index contributed by atoms with van der Waals surface area (Å²) in [5.74, 6) is 0.766. The van der Waals surface area contributed by atoms with Crippen molar-refractivity contribution in [2.45, 2.75) is 37.0 Å². The molecule has 0 aliphatic heterocycles. The summed E-state index contributed by atoms with van der Waals surface area (Å²) in [7, 11) is -3.15. The lowest BCUT2D eigenvalue weighted by Gasteiger charge is -2.23. The molecule has 0 aliphatic rings. The molecule has 1 rings (SSSR count). The number of benzene rings is 1. The van der Waals surface area contributed by atoms with Crippen LogP contribution in [0.3, 0.4) is 0 Å². The topological polar surface area (TPSA) is 70.6 Å². The van der Waals surface area contributed by atoms with Gasteiger partial charge in [0.25, 0.3) is 0 Å². The molecule has 23 heavy (non-hydrogen) atoms. The van der Waals surface area contributed by atoms with Crippen LogP contribution in [0.25, 0.3) is 0 Å². The molecule has 0 spiro atoms. The third-order valence-corrected chi connectivity index (χ3v) is 5.73. The molecule has 5 nitrogen and oxygen atoms in total. The van der Waals surface area contributed by atoms with Gasteiger partial charge in [0.2, 0.25) is 0 Å². The highest BCUT2D eigenvalue weighted by Gasteiger charge is 2.16. The third-order valence-electron chi connectivity index (χ3n) is 3.35. The largest absolute Gasteiger partial charge is 0.357 e. The van der Waals surface area contributed by atoms with Crippen LogP contribution in [-0.4, -0.2) is 44.7 Å². The van der Waals surface area contributed by atoms with Gasteiger partial charge in [-0.15, -0.1) is 0 Å². The Hall–Kier alpha value is -1.21. The van der Waals surface area contributed by atoms with Gasteiger partial charge in [-0.25, -0.2) is 13.4 Å². The molecule has 0 unspecified atom stereocenters. The van der Waals surface area contributed by atoms with Gasteiger partial charge in [-0.05, 0) is 44.7 Å². The fourth-order valence-electron chi connectivity index (χ4n) is 1.72. The van der Waals surface area contributed by atoms with Crippen molar-refractivity contribution in [1.29, 1.82) is 0 Å². The number of rotatable bonds is 7. The third kappa shape index (κ3) is 7.26. The number of nitrogens with one attached hydrogen (secondary N) is 2. The minimum absolute atomic E-state index is 0.132.